The van der Waals surface area contributed by atoms with E-state index >= 15 is 0 Å². The summed E-state index contributed by atoms with van der Waals surface area (Å²) in [6.45, 7) is 3.99. The van der Waals surface area contributed by atoms with Crippen LogP contribution in [0.5, 0.6) is 0 Å². The molecule has 0 aliphatic rings. The van der Waals surface area contributed by atoms with Crippen LogP contribution in [0.4, 0.5) is 0 Å². The van der Waals surface area contributed by atoms with Crippen LogP contribution in [0.3, 0.4) is 0 Å². The van der Waals surface area contributed by atoms with Gasteiger partial charge in [0.1, 0.15) is 0 Å². The van der Waals surface area contributed by atoms with Crippen LogP contribution in [0.15, 0.2) is 85.4 Å². The summed E-state index contributed by atoms with van der Waals surface area (Å²) in [6, 6.07) is 28.5. The van der Waals surface area contributed by atoms with Gasteiger partial charge in [0, 0.05) is 0 Å². The maximum Gasteiger partial charge on any atom is -0.00328 e. The summed E-state index contributed by atoms with van der Waals surface area (Å²) in [4.78, 5) is 0. The van der Waals surface area contributed by atoms with Gasteiger partial charge in [-0.05, 0) is 48.7 Å². The minimum atomic E-state index is 1.19. The Morgan fingerprint density at radius 2 is 1.12 bits per heavy atom. The normalized spacial score (nSPS) is 11.5. The first-order chi connectivity index (χ1) is 11.9. The Kier molecular flexibility index (Phi) is 2.74. The summed E-state index contributed by atoms with van der Waals surface area (Å²) in [7, 11) is 0. The minimum Gasteiger partial charge on any atom is -0.0984 e. The van der Waals surface area contributed by atoms with Gasteiger partial charge in [-0.3, -0.25) is 0 Å². The lowest BCUT2D eigenvalue weighted by Gasteiger charge is -2.11. The molecule has 0 amide bonds. The molecule has 0 N–H and O–H groups in total. The monoisotopic (exact) mass is 304 g/mol. The van der Waals surface area contributed by atoms with E-state index in [2.05, 4.69) is 85.4 Å². The lowest BCUT2D eigenvalue weighted by Crippen LogP contribution is -1.84. The van der Waals surface area contributed by atoms with Gasteiger partial charge < -0.3 is 0 Å². The van der Waals surface area contributed by atoms with Crippen LogP contribution in [0.1, 0.15) is 5.56 Å². The molecule has 0 aliphatic carbocycles. The van der Waals surface area contributed by atoms with E-state index in [4.69, 9.17) is 0 Å². The van der Waals surface area contributed by atoms with Gasteiger partial charge in [-0.25, -0.2) is 0 Å². The highest BCUT2D eigenvalue weighted by Gasteiger charge is 2.08. The molecule has 0 unspecified atom stereocenters. The predicted molar refractivity (Wildman–Crippen MR) is 107 cm³/mol. The molecule has 0 heteroatoms. The molecular formula is C24H16. The molecule has 112 valence electrons. The van der Waals surface area contributed by atoms with Gasteiger partial charge in [0.15, 0.2) is 0 Å². The molecular weight excluding hydrogens is 288 g/mol. The van der Waals surface area contributed by atoms with E-state index < -0.39 is 0 Å². The molecule has 5 aromatic rings. The average molecular weight is 304 g/mol. The van der Waals surface area contributed by atoms with Crippen LogP contribution in [0.2, 0.25) is 0 Å². The molecule has 0 spiro atoms. The molecule has 0 aromatic heterocycles. The molecule has 0 heterocycles. The average Bonchev–Trinajstić information content (AvgIpc) is 2.66. The highest BCUT2D eigenvalue weighted by Crippen LogP contribution is 2.35. The zero-order valence-electron chi connectivity index (χ0n) is 13.3. The van der Waals surface area contributed by atoms with Crippen molar-refractivity contribution in [2.24, 2.45) is 0 Å². The second-order valence-electron chi connectivity index (χ2n) is 6.26. The Bertz CT molecular complexity index is 1260. The van der Waals surface area contributed by atoms with Crippen LogP contribution in [0, 0.1) is 0 Å². The minimum absolute atomic E-state index is 1.19. The van der Waals surface area contributed by atoms with Crippen molar-refractivity contribution >= 4 is 49.2 Å². The highest BCUT2D eigenvalue weighted by atomic mass is 14.1. The Labute approximate surface area is 140 Å². The zero-order chi connectivity index (χ0) is 16.1. The first-order valence-electron chi connectivity index (χ1n) is 8.25. The van der Waals surface area contributed by atoms with Crippen molar-refractivity contribution in [3.63, 3.8) is 0 Å². The molecule has 5 aromatic carbocycles. The maximum absolute atomic E-state index is 3.99. The topological polar surface area (TPSA) is 0 Å². The van der Waals surface area contributed by atoms with Crippen LogP contribution >= 0.6 is 0 Å². The number of benzene rings is 5. The van der Waals surface area contributed by atoms with Gasteiger partial charge in [0.25, 0.3) is 0 Å². The molecule has 0 bridgehead atoms. The van der Waals surface area contributed by atoms with Crippen molar-refractivity contribution in [2.75, 3.05) is 0 Å². The predicted octanol–water partition coefficient (Wildman–Crippen LogP) is 6.94. The molecule has 0 atom stereocenters. The molecule has 24 heavy (non-hydrogen) atoms. The van der Waals surface area contributed by atoms with E-state index in [1.54, 1.807) is 0 Å². The molecule has 0 saturated heterocycles. The molecule has 0 saturated carbocycles. The summed E-state index contributed by atoms with van der Waals surface area (Å²) < 4.78 is 0. The van der Waals surface area contributed by atoms with E-state index in [1.165, 1.54) is 48.7 Å². The van der Waals surface area contributed by atoms with Gasteiger partial charge in [0.2, 0.25) is 0 Å². The molecule has 0 fully saturated rings. The van der Waals surface area contributed by atoms with Gasteiger partial charge >= 0.3 is 0 Å². The highest BCUT2D eigenvalue weighted by molar-refractivity contribution is 6.23. The van der Waals surface area contributed by atoms with Gasteiger partial charge in [0.05, 0.1) is 0 Å². The Hall–Kier alpha value is -3.12. The number of rotatable bonds is 1. The lowest BCUT2D eigenvalue weighted by atomic mass is 9.92. The number of hydrogen-bond donors (Lipinski definition) is 0. The third kappa shape index (κ3) is 1.74. The fourth-order valence-corrected chi connectivity index (χ4v) is 3.89. The number of hydrogen-bond acceptors (Lipinski definition) is 0. The Balaban J connectivity index is 2.04. The van der Waals surface area contributed by atoms with Crippen molar-refractivity contribution in [1.82, 2.24) is 0 Å². The first kappa shape index (κ1) is 13.3. The van der Waals surface area contributed by atoms with Crippen molar-refractivity contribution in [2.45, 2.75) is 0 Å². The molecule has 0 radical (unpaired) electrons. The van der Waals surface area contributed by atoms with E-state index in [-0.39, 0.29) is 0 Å². The standard InChI is InChI=1S/C24H16/c1-2-16-7-5-8-18-11-13-22-21-12-10-17-6-3-4-9-19(17)20(21)14-15-23(22)24(16)18/h2-15H,1H2. The van der Waals surface area contributed by atoms with E-state index in [9.17, 15) is 0 Å². The van der Waals surface area contributed by atoms with Gasteiger partial charge in [-0.2, -0.15) is 0 Å². The van der Waals surface area contributed by atoms with Gasteiger partial charge in [-0.1, -0.05) is 91.5 Å². The van der Waals surface area contributed by atoms with Crippen LogP contribution < -0.4 is 0 Å². The van der Waals surface area contributed by atoms with E-state index in [0.29, 0.717) is 0 Å². The molecule has 0 nitrogen and oxygen atoms in total. The van der Waals surface area contributed by atoms with Crippen molar-refractivity contribution < 1.29 is 0 Å². The first-order valence-corrected chi connectivity index (χ1v) is 8.25. The second kappa shape index (κ2) is 4.94. The summed E-state index contributed by atoms with van der Waals surface area (Å²) >= 11 is 0. The smallest absolute Gasteiger partial charge is 0.00328 e. The van der Waals surface area contributed by atoms with Crippen molar-refractivity contribution in [3.05, 3.63) is 91.0 Å². The number of fused-ring (bicyclic) bond motifs is 7. The summed E-state index contributed by atoms with van der Waals surface area (Å²) in [6.07, 6.45) is 1.95. The van der Waals surface area contributed by atoms with Crippen LogP contribution in [-0.4, -0.2) is 0 Å². The Morgan fingerprint density at radius 1 is 0.500 bits per heavy atom. The summed E-state index contributed by atoms with van der Waals surface area (Å²) in [5, 5.41) is 10.4. The molecule has 0 aliphatic heterocycles. The van der Waals surface area contributed by atoms with Crippen molar-refractivity contribution in [3.8, 4) is 0 Å². The van der Waals surface area contributed by atoms with Crippen LogP contribution in [0.25, 0.3) is 49.2 Å². The van der Waals surface area contributed by atoms with E-state index in [1.807, 2.05) is 6.08 Å². The third-order valence-electron chi connectivity index (χ3n) is 5.02. The third-order valence-corrected chi connectivity index (χ3v) is 5.02. The lowest BCUT2D eigenvalue weighted by molar-refractivity contribution is 1.75. The van der Waals surface area contributed by atoms with Crippen LogP contribution in [-0.2, 0) is 0 Å². The fourth-order valence-electron chi connectivity index (χ4n) is 3.89. The van der Waals surface area contributed by atoms with Gasteiger partial charge in [-0.15, -0.1) is 0 Å². The summed E-state index contributed by atoms with van der Waals surface area (Å²) in [5.41, 5.74) is 1.19. The van der Waals surface area contributed by atoms with E-state index in [0.717, 1.165) is 0 Å². The largest absolute Gasteiger partial charge is 0.0984 e. The molecule has 5 rings (SSSR count). The SMILES string of the molecule is C=Cc1cccc2ccc3c4ccc5ccccc5c4ccc3c12. The second-order valence-corrected chi connectivity index (χ2v) is 6.26. The maximum atomic E-state index is 3.99. The van der Waals surface area contributed by atoms with Crippen molar-refractivity contribution in [1.29, 1.82) is 0 Å². The zero-order valence-corrected chi connectivity index (χ0v) is 13.3. The summed E-state index contributed by atoms with van der Waals surface area (Å²) in [5.74, 6) is 0. The fraction of sp³-hybridized carbons (Fsp3) is 0. The Morgan fingerprint density at radius 3 is 2.00 bits per heavy atom. The quantitative estimate of drug-likeness (QED) is 0.294.